The van der Waals surface area contributed by atoms with E-state index in [4.69, 9.17) is 16.9 Å². The fraction of sp³-hybridized carbons (Fsp3) is 0.368. The van der Waals surface area contributed by atoms with Crippen molar-refractivity contribution in [3.8, 4) is 17.3 Å². The summed E-state index contributed by atoms with van der Waals surface area (Å²) < 4.78 is 1.74. The summed E-state index contributed by atoms with van der Waals surface area (Å²) in [5.41, 5.74) is 7.66. The fourth-order valence-electron chi connectivity index (χ4n) is 3.05. The van der Waals surface area contributed by atoms with Crippen molar-refractivity contribution in [3.05, 3.63) is 41.0 Å². The summed E-state index contributed by atoms with van der Waals surface area (Å²) in [4.78, 5) is 23.7. The number of hydrogen-bond acceptors (Lipinski definition) is 6. The number of aromatic nitrogens is 2. The highest BCUT2D eigenvalue weighted by Gasteiger charge is 2.31. The minimum Gasteiger partial charge on any atom is -0.350 e. The number of amides is 1. The molecule has 1 saturated heterocycles. The van der Waals surface area contributed by atoms with Crippen LogP contribution in [0.4, 0.5) is 0 Å². The lowest BCUT2D eigenvalue weighted by Crippen LogP contribution is -2.47. The van der Waals surface area contributed by atoms with Crippen LogP contribution in [-0.2, 0) is 16.1 Å². The molecule has 2 unspecified atom stereocenters. The Morgan fingerprint density at radius 2 is 2.14 bits per heavy atom. The Morgan fingerprint density at radius 3 is 2.79 bits per heavy atom. The molecule has 1 aromatic heterocycles. The molecule has 2 aromatic rings. The summed E-state index contributed by atoms with van der Waals surface area (Å²) >= 11 is 6.08. The monoisotopic (exact) mass is 400 g/mol. The third kappa shape index (κ3) is 4.57. The van der Waals surface area contributed by atoms with E-state index < -0.39 is 6.04 Å². The summed E-state index contributed by atoms with van der Waals surface area (Å²) in [7, 11) is 0. The Hall–Kier alpha value is -2.73. The zero-order chi connectivity index (χ0) is 20.3. The second kappa shape index (κ2) is 8.52. The van der Waals surface area contributed by atoms with E-state index >= 15 is 0 Å². The van der Waals surface area contributed by atoms with Gasteiger partial charge in [-0.2, -0.15) is 10.4 Å². The molecule has 1 fully saturated rings. The van der Waals surface area contributed by atoms with Crippen molar-refractivity contribution in [2.24, 2.45) is 0 Å². The number of carbonyl (C=O) groups excluding carboxylic acids is 2. The largest absolute Gasteiger partial charge is 0.350 e. The van der Waals surface area contributed by atoms with Crippen LogP contribution in [0.15, 0.2) is 30.5 Å². The molecule has 3 N–H and O–H groups in total. The van der Waals surface area contributed by atoms with Crippen LogP contribution >= 0.6 is 11.6 Å². The number of rotatable bonds is 6. The van der Waals surface area contributed by atoms with Crippen LogP contribution in [-0.4, -0.2) is 39.6 Å². The number of carbonyl (C=O) groups is 2. The van der Waals surface area contributed by atoms with Crippen LogP contribution < -0.4 is 16.2 Å². The number of halogens is 1. The fourth-order valence-corrected chi connectivity index (χ4v) is 3.27. The van der Waals surface area contributed by atoms with Gasteiger partial charge >= 0.3 is 0 Å². The lowest BCUT2D eigenvalue weighted by Gasteiger charge is -2.17. The number of hydrazine groups is 1. The zero-order valence-corrected chi connectivity index (χ0v) is 16.3. The van der Waals surface area contributed by atoms with Gasteiger partial charge in [0.1, 0.15) is 17.9 Å². The number of hydrogen-bond donors (Lipinski definition) is 3. The molecule has 1 aliphatic heterocycles. The van der Waals surface area contributed by atoms with Gasteiger partial charge in [0.2, 0.25) is 5.91 Å². The van der Waals surface area contributed by atoms with E-state index in [0.29, 0.717) is 23.6 Å². The van der Waals surface area contributed by atoms with E-state index in [1.165, 1.54) is 6.92 Å². The molecule has 0 bridgehead atoms. The van der Waals surface area contributed by atoms with Gasteiger partial charge in [-0.05, 0) is 38.5 Å². The van der Waals surface area contributed by atoms with Crippen molar-refractivity contribution in [1.29, 1.82) is 5.26 Å². The first-order valence-corrected chi connectivity index (χ1v) is 9.30. The van der Waals surface area contributed by atoms with Gasteiger partial charge in [0, 0.05) is 17.8 Å². The van der Waals surface area contributed by atoms with E-state index in [1.807, 2.05) is 25.3 Å². The summed E-state index contributed by atoms with van der Waals surface area (Å²) in [6.45, 7) is 3.88. The quantitative estimate of drug-likeness (QED) is 0.675. The van der Waals surface area contributed by atoms with Crippen molar-refractivity contribution >= 4 is 23.3 Å². The molecule has 0 radical (unpaired) electrons. The molecule has 0 spiro atoms. The minimum atomic E-state index is -0.440. The summed E-state index contributed by atoms with van der Waals surface area (Å²) in [6.07, 6.45) is 2.25. The van der Waals surface area contributed by atoms with Crippen molar-refractivity contribution in [3.63, 3.8) is 0 Å². The first-order chi connectivity index (χ1) is 13.4. The zero-order valence-electron chi connectivity index (χ0n) is 15.6. The summed E-state index contributed by atoms with van der Waals surface area (Å²) in [5.74, 6) is -0.155. The molecule has 9 heteroatoms. The summed E-state index contributed by atoms with van der Waals surface area (Å²) in [5, 5.41) is 16.8. The number of nitrogens with one attached hydrogen (secondary N) is 3. The van der Waals surface area contributed by atoms with Crippen molar-refractivity contribution in [1.82, 2.24) is 25.9 Å². The van der Waals surface area contributed by atoms with Crippen LogP contribution in [0.3, 0.4) is 0 Å². The Balaban J connectivity index is 1.57. The molecule has 1 aromatic carbocycles. The van der Waals surface area contributed by atoms with E-state index in [9.17, 15) is 9.59 Å². The second-order valence-electron chi connectivity index (χ2n) is 6.88. The van der Waals surface area contributed by atoms with Crippen molar-refractivity contribution in [2.75, 3.05) is 0 Å². The first kappa shape index (κ1) is 20.0. The molecular formula is C19H21ClN6O2. The lowest BCUT2D eigenvalue weighted by atomic mass is 10.1. The molecule has 3 atom stereocenters. The van der Waals surface area contributed by atoms with Crippen LogP contribution in [0.5, 0.6) is 0 Å². The van der Waals surface area contributed by atoms with E-state index in [2.05, 4.69) is 21.3 Å². The van der Waals surface area contributed by atoms with E-state index in [1.54, 1.807) is 22.9 Å². The second-order valence-corrected chi connectivity index (χ2v) is 7.29. The molecule has 2 heterocycles. The molecule has 0 aliphatic carbocycles. The first-order valence-electron chi connectivity index (χ1n) is 8.92. The van der Waals surface area contributed by atoms with Gasteiger partial charge < -0.3 is 5.32 Å². The Kier molecular flexibility index (Phi) is 6.09. The SMILES string of the molecule is CC(=O)C1CC(C(=O)N[C@@H](C)Cn2ccc(-c3ccc(C#N)c(Cl)c3)n2)NN1. The number of ketones is 1. The van der Waals surface area contributed by atoms with E-state index in [-0.39, 0.29) is 23.8 Å². The normalized spacial score (nSPS) is 19.8. The Morgan fingerprint density at radius 1 is 1.39 bits per heavy atom. The Bertz CT molecular complexity index is 935. The number of benzene rings is 1. The van der Waals surface area contributed by atoms with Crippen molar-refractivity contribution < 1.29 is 9.59 Å². The smallest absolute Gasteiger partial charge is 0.238 e. The van der Waals surface area contributed by atoms with Gasteiger partial charge in [0.05, 0.1) is 28.9 Å². The summed E-state index contributed by atoms with van der Waals surface area (Å²) in [6, 6.07) is 8.13. The van der Waals surface area contributed by atoms with Gasteiger partial charge in [-0.1, -0.05) is 17.7 Å². The maximum atomic E-state index is 12.3. The van der Waals surface area contributed by atoms with Gasteiger partial charge in [0.25, 0.3) is 0 Å². The average Bonchev–Trinajstić information content (AvgIpc) is 3.31. The van der Waals surface area contributed by atoms with Crippen LogP contribution in [0.2, 0.25) is 5.02 Å². The highest BCUT2D eigenvalue weighted by Crippen LogP contribution is 2.24. The minimum absolute atomic E-state index is 0.00262. The maximum Gasteiger partial charge on any atom is 0.238 e. The Labute approximate surface area is 167 Å². The maximum absolute atomic E-state index is 12.3. The predicted molar refractivity (Wildman–Crippen MR) is 104 cm³/mol. The highest BCUT2D eigenvalue weighted by molar-refractivity contribution is 6.32. The van der Waals surface area contributed by atoms with Gasteiger partial charge in [-0.25, -0.2) is 10.9 Å². The number of nitriles is 1. The number of nitrogens with zero attached hydrogens (tertiary/aromatic N) is 3. The van der Waals surface area contributed by atoms with Gasteiger partial charge in [-0.15, -0.1) is 0 Å². The van der Waals surface area contributed by atoms with Crippen LogP contribution in [0, 0.1) is 11.3 Å². The third-order valence-electron chi connectivity index (χ3n) is 4.59. The molecule has 1 aliphatic rings. The third-order valence-corrected chi connectivity index (χ3v) is 4.90. The predicted octanol–water partition coefficient (Wildman–Crippen LogP) is 1.40. The molecule has 28 heavy (non-hydrogen) atoms. The van der Waals surface area contributed by atoms with E-state index in [0.717, 1.165) is 11.3 Å². The van der Waals surface area contributed by atoms with Crippen LogP contribution in [0.1, 0.15) is 25.8 Å². The molecular weight excluding hydrogens is 380 g/mol. The van der Waals surface area contributed by atoms with Gasteiger partial charge in [-0.3, -0.25) is 14.3 Å². The van der Waals surface area contributed by atoms with Crippen LogP contribution in [0.25, 0.3) is 11.3 Å². The molecule has 0 saturated carbocycles. The average molecular weight is 401 g/mol. The molecule has 1 amide bonds. The van der Waals surface area contributed by atoms with Gasteiger partial charge in [0.15, 0.2) is 0 Å². The number of Topliss-reactive ketones (excluding diaryl/α,β-unsaturated/α-hetero) is 1. The standard InChI is InChI=1S/C19H21ClN6O2/c1-11(22-19(28)18-8-17(12(2)27)23-24-18)10-26-6-5-16(25-26)13-3-4-14(9-21)15(20)7-13/h3-7,11,17-18,23-24H,8,10H2,1-2H3,(H,22,28)/t11-,17?,18?/m0/s1. The molecule has 3 rings (SSSR count). The topological polar surface area (TPSA) is 112 Å². The molecule has 146 valence electrons. The lowest BCUT2D eigenvalue weighted by molar-refractivity contribution is -0.123. The highest BCUT2D eigenvalue weighted by atomic mass is 35.5. The molecule has 8 nitrogen and oxygen atoms in total. The van der Waals surface area contributed by atoms with Crippen molar-refractivity contribution in [2.45, 2.75) is 44.9 Å².